The molecule has 0 aliphatic heterocycles. The number of rotatable bonds is 1. The first-order valence-corrected chi connectivity index (χ1v) is 5.17. The molecular weight excluding hydrogens is 168 g/mol. The smallest absolute Gasteiger partial charge is 0.149 e. The van der Waals surface area contributed by atoms with Crippen LogP contribution in [0.5, 0.6) is 0 Å². The Bertz CT molecular complexity index is 188. The highest BCUT2D eigenvalue weighted by atomic mass is 32.1. The zero-order valence-electron chi connectivity index (χ0n) is 8.13. The van der Waals surface area contributed by atoms with Crippen LogP contribution in [0.25, 0.3) is 0 Å². The second-order valence-corrected chi connectivity index (χ2v) is 5.15. The maximum absolute atomic E-state index is 11.7. The van der Waals surface area contributed by atoms with Crippen molar-refractivity contribution < 1.29 is 4.79 Å². The first-order chi connectivity index (χ1) is 5.47. The van der Waals surface area contributed by atoms with Crippen LogP contribution in [-0.2, 0) is 4.79 Å². The van der Waals surface area contributed by atoms with Gasteiger partial charge in [0.25, 0.3) is 0 Å². The van der Waals surface area contributed by atoms with Gasteiger partial charge in [0.2, 0.25) is 0 Å². The lowest BCUT2D eigenvalue weighted by atomic mass is 9.76. The molecule has 0 aromatic carbocycles. The van der Waals surface area contributed by atoms with Crippen LogP contribution in [0.15, 0.2) is 0 Å². The highest BCUT2D eigenvalue weighted by Crippen LogP contribution is 2.38. The van der Waals surface area contributed by atoms with Gasteiger partial charge in [-0.3, -0.25) is 4.79 Å². The zero-order chi connectivity index (χ0) is 9.35. The Morgan fingerprint density at radius 1 is 1.58 bits per heavy atom. The summed E-state index contributed by atoms with van der Waals surface area (Å²) in [5.41, 5.74) is 0. The monoisotopic (exact) mass is 186 g/mol. The second-order valence-electron chi connectivity index (χ2n) is 4.35. The Hall–Kier alpha value is 0.0200. The van der Waals surface area contributed by atoms with Gasteiger partial charge >= 0.3 is 0 Å². The first kappa shape index (κ1) is 10.1. The van der Waals surface area contributed by atoms with E-state index in [9.17, 15) is 4.79 Å². The Kier molecular flexibility index (Phi) is 2.87. The molecule has 1 fully saturated rings. The quantitative estimate of drug-likeness (QED) is 0.623. The molecule has 0 amide bonds. The summed E-state index contributed by atoms with van der Waals surface area (Å²) in [6.07, 6.45) is 2.82. The molecule has 0 aromatic rings. The minimum absolute atomic E-state index is 0.327. The molecular formula is C10H18OS. The van der Waals surface area contributed by atoms with E-state index < -0.39 is 0 Å². The minimum Gasteiger partial charge on any atom is -0.298 e. The van der Waals surface area contributed by atoms with Crippen molar-refractivity contribution in [3.63, 3.8) is 0 Å². The summed E-state index contributed by atoms with van der Waals surface area (Å²) in [7, 11) is 0. The average molecular weight is 186 g/mol. The molecule has 1 aliphatic carbocycles. The number of thiol groups is 1. The number of Topliss-reactive ketones (excluding diaryl/α,β-unsaturated/α-hetero) is 1. The van der Waals surface area contributed by atoms with Crippen LogP contribution in [0, 0.1) is 11.8 Å². The number of ketones is 1. The normalized spacial score (nSPS) is 37.4. The van der Waals surface area contributed by atoms with Crippen molar-refractivity contribution in [3.05, 3.63) is 0 Å². The average Bonchev–Trinajstić information content (AvgIpc) is 1.97. The van der Waals surface area contributed by atoms with Gasteiger partial charge in [0, 0.05) is 6.42 Å². The van der Waals surface area contributed by atoms with Crippen LogP contribution in [-0.4, -0.2) is 10.5 Å². The lowest BCUT2D eigenvalue weighted by Gasteiger charge is -2.37. The first-order valence-electron chi connectivity index (χ1n) is 4.72. The predicted molar refractivity (Wildman–Crippen MR) is 54.6 cm³/mol. The molecule has 70 valence electrons. The highest BCUT2D eigenvalue weighted by Gasteiger charge is 2.40. The van der Waals surface area contributed by atoms with Crippen LogP contribution >= 0.6 is 12.6 Å². The molecule has 2 heteroatoms. The van der Waals surface area contributed by atoms with Crippen LogP contribution in [0.1, 0.15) is 40.0 Å². The highest BCUT2D eigenvalue weighted by molar-refractivity contribution is 7.82. The van der Waals surface area contributed by atoms with Gasteiger partial charge in [-0.05, 0) is 24.7 Å². The summed E-state index contributed by atoms with van der Waals surface area (Å²) in [4.78, 5) is 11.7. The summed E-state index contributed by atoms with van der Waals surface area (Å²) in [6.45, 7) is 6.31. The van der Waals surface area contributed by atoms with Crippen molar-refractivity contribution in [2.24, 2.45) is 11.8 Å². The van der Waals surface area contributed by atoms with Gasteiger partial charge in [-0.25, -0.2) is 0 Å². The van der Waals surface area contributed by atoms with Gasteiger partial charge in [0.1, 0.15) is 5.78 Å². The maximum atomic E-state index is 11.7. The topological polar surface area (TPSA) is 17.1 Å². The van der Waals surface area contributed by atoms with Crippen LogP contribution in [0.3, 0.4) is 0 Å². The van der Waals surface area contributed by atoms with Crippen molar-refractivity contribution in [1.82, 2.24) is 0 Å². The number of carbonyl (C=O) groups is 1. The van der Waals surface area contributed by atoms with Crippen molar-refractivity contribution in [2.75, 3.05) is 0 Å². The molecule has 0 spiro atoms. The molecule has 0 N–H and O–H groups in total. The van der Waals surface area contributed by atoms with Gasteiger partial charge in [-0.15, -0.1) is 0 Å². The molecule has 0 heterocycles. The predicted octanol–water partition coefficient (Wildman–Crippen LogP) is 2.70. The van der Waals surface area contributed by atoms with Crippen molar-refractivity contribution in [3.8, 4) is 0 Å². The van der Waals surface area contributed by atoms with E-state index >= 15 is 0 Å². The van der Waals surface area contributed by atoms with Gasteiger partial charge in [-0.1, -0.05) is 20.8 Å². The van der Waals surface area contributed by atoms with E-state index in [0.29, 0.717) is 17.6 Å². The standard InChI is InChI=1S/C10H18OS/c1-7(2)10(12)5-4-8(3)6-9(10)11/h7-8,12H,4-6H2,1-3H3. The lowest BCUT2D eigenvalue weighted by molar-refractivity contribution is -0.125. The van der Waals surface area contributed by atoms with E-state index in [-0.39, 0.29) is 4.75 Å². The lowest BCUT2D eigenvalue weighted by Crippen LogP contribution is -2.42. The Morgan fingerprint density at radius 3 is 2.58 bits per heavy atom. The number of hydrogen-bond donors (Lipinski definition) is 1. The van der Waals surface area contributed by atoms with E-state index in [1.54, 1.807) is 0 Å². The number of hydrogen-bond acceptors (Lipinski definition) is 2. The van der Waals surface area contributed by atoms with E-state index in [0.717, 1.165) is 19.3 Å². The molecule has 1 saturated carbocycles. The summed E-state index contributed by atoms with van der Waals surface area (Å²) >= 11 is 4.53. The van der Waals surface area contributed by atoms with Gasteiger partial charge in [0.05, 0.1) is 4.75 Å². The third-order valence-corrected chi connectivity index (χ3v) is 3.98. The molecule has 1 rings (SSSR count). The Labute approximate surface area is 80.3 Å². The molecule has 1 nitrogen and oxygen atoms in total. The second kappa shape index (κ2) is 3.41. The molecule has 2 unspecified atom stereocenters. The van der Waals surface area contributed by atoms with E-state index in [1.165, 1.54) is 0 Å². The van der Waals surface area contributed by atoms with Gasteiger partial charge in [-0.2, -0.15) is 12.6 Å². The fourth-order valence-electron chi connectivity index (χ4n) is 1.81. The third-order valence-electron chi connectivity index (χ3n) is 2.99. The molecule has 12 heavy (non-hydrogen) atoms. The SMILES string of the molecule is CC1CCC(S)(C(C)C)C(=O)C1. The van der Waals surface area contributed by atoms with Gasteiger partial charge in [0.15, 0.2) is 0 Å². The van der Waals surface area contributed by atoms with Crippen molar-refractivity contribution >= 4 is 18.4 Å². The molecule has 1 aliphatic rings. The van der Waals surface area contributed by atoms with Crippen molar-refractivity contribution in [2.45, 2.75) is 44.8 Å². The summed E-state index contributed by atoms with van der Waals surface area (Å²) in [6, 6.07) is 0. The largest absolute Gasteiger partial charge is 0.298 e. The Morgan fingerprint density at radius 2 is 2.17 bits per heavy atom. The van der Waals surface area contributed by atoms with E-state index in [1.807, 2.05) is 0 Å². The summed E-state index contributed by atoms with van der Waals surface area (Å²) in [5, 5.41) is 0. The molecule has 2 atom stereocenters. The minimum atomic E-state index is -0.327. The maximum Gasteiger partial charge on any atom is 0.149 e. The zero-order valence-corrected chi connectivity index (χ0v) is 9.03. The van der Waals surface area contributed by atoms with Crippen LogP contribution in [0.4, 0.5) is 0 Å². The summed E-state index contributed by atoms with van der Waals surface area (Å²) < 4.78 is -0.327. The number of carbonyl (C=O) groups excluding carboxylic acids is 1. The van der Waals surface area contributed by atoms with Crippen LogP contribution < -0.4 is 0 Å². The fraction of sp³-hybridized carbons (Fsp3) is 0.900. The third kappa shape index (κ3) is 1.68. The fourth-order valence-corrected chi connectivity index (χ4v) is 2.03. The van der Waals surface area contributed by atoms with Crippen LogP contribution in [0.2, 0.25) is 0 Å². The van der Waals surface area contributed by atoms with E-state index in [2.05, 4.69) is 33.4 Å². The summed E-state index contributed by atoms with van der Waals surface area (Å²) in [5.74, 6) is 1.27. The van der Waals surface area contributed by atoms with Gasteiger partial charge < -0.3 is 0 Å². The molecule has 0 bridgehead atoms. The molecule has 0 aromatic heterocycles. The Balaban J connectivity index is 2.73. The molecule has 0 saturated heterocycles. The van der Waals surface area contributed by atoms with Crippen molar-refractivity contribution in [1.29, 1.82) is 0 Å². The molecule has 0 radical (unpaired) electrons. The van der Waals surface area contributed by atoms with E-state index in [4.69, 9.17) is 0 Å².